The molecule has 3 aromatic heterocycles. The van der Waals surface area contributed by atoms with Crippen molar-refractivity contribution in [3.8, 4) is 16.9 Å². The number of thioether (sulfide) groups is 1. The summed E-state index contributed by atoms with van der Waals surface area (Å²) in [4.78, 5) is 16.7. The zero-order valence-corrected chi connectivity index (χ0v) is 29.7. The molecule has 6 aromatic rings. The van der Waals surface area contributed by atoms with Crippen molar-refractivity contribution in [1.29, 1.82) is 0 Å². The number of hydrogen-bond acceptors (Lipinski definition) is 7. The van der Waals surface area contributed by atoms with Crippen molar-refractivity contribution in [2.75, 3.05) is 20.8 Å². The van der Waals surface area contributed by atoms with E-state index in [9.17, 15) is 4.79 Å². The molecule has 3 aromatic carbocycles. The lowest BCUT2D eigenvalue weighted by Crippen LogP contribution is -2.18. The summed E-state index contributed by atoms with van der Waals surface area (Å²) in [5, 5.41) is 13.6. The second kappa shape index (κ2) is 13.0. The highest BCUT2D eigenvalue weighted by atomic mass is 35.5. The Labute approximate surface area is 289 Å². The fourth-order valence-corrected chi connectivity index (χ4v) is 8.18. The number of methoxy groups -OCH3 is 1. The van der Waals surface area contributed by atoms with Gasteiger partial charge in [-0.05, 0) is 68.6 Å². The molecule has 0 spiro atoms. The van der Waals surface area contributed by atoms with Crippen molar-refractivity contribution in [2.24, 2.45) is 14.1 Å². The molecule has 1 aliphatic heterocycles. The third-order valence-corrected chi connectivity index (χ3v) is 10.6. The Kier molecular flexibility index (Phi) is 8.74. The van der Waals surface area contributed by atoms with Crippen LogP contribution in [0.3, 0.4) is 0 Å². The first-order valence-electron chi connectivity index (χ1n) is 16.1. The zero-order chi connectivity index (χ0) is 33.7. The summed E-state index contributed by atoms with van der Waals surface area (Å²) >= 11 is 8.85. The molecule has 4 heterocycles. The van der Waals surface area contributed by atoms with Crippen LogP contribution in [-0.2, 0) is 44.2 Å². The Morgan fingerprint density at radius 2 is 1.79 bits per heavy atom. The van der Waals surface area contributed by atoms with Gasteiger partial charge in [-0.3, -0.25) is 14.3 Å². The van der Waals surface area contributed by atoms with E-state index >= 15 is 0 Å². The van der Waals surface area contributed by atoms with E-state index in [1.165, 1.54) is 7.11 Å². The summed E-state index contributed by atoms with van der Waals surface area (Å²) in [6.07, 6.45) is 0.677. The molecule has 0 N–H and O–H groups in total. The summed E-state index contributed by atoms with van der Waals surface area (Å²) in [7, 11) is 7.48. The van der Waals surface area contributed by atoms with Gasteiger partial charge in [0.25, 0.3) is 0 Å². The van der Waals surface area contributed by atoms with Crippen molar-refractivity contribution in [1.82, 2.24) is 29.0 Å². The van der Waals surface area contributed by atoms with Gasteiger partial charge in [0.1, 0.15) is 11.4 Å². The van der Waals surface area contributed by atoms with Gasteiger partial charge < -0.3 is 14.0 Å². The number of carbonyl (C=O) groups excluding carboxylic acids is 1. The van der Waals surface area contributed by atoms with Crippen LogP contribution in [0.1, 0.15) is 45.2 Å². The van der Waals surface area contributed by atoms with E-state index in [-0.39, 0.29) is 5.97 Å². The number of hydrogen-bond donors (Lipinski definition) is 0. The molecule has 0 atom stereocenters. The first-order valence-corrected chi connectivity index (χ1v) is 17.4. The molecule has 9 nitrogen and oxygen atoms in total. The summed E-state index contributed by atoms with van der Waals surface area (Å²) in [6, 6.07) is 18.8. The van der Waals surface area contributed by atoms with Crippen LogP contribution in [0.15, 0.2) is 59.5 Å². The topological polar surface area (TPSA) is 79.3 Å². The number of aromatic nitrogens is 5. The molecule has 48 heavy (non-hydrogen) atoms. The highest BCUT2D eigenvalue weighted by Crippen LogP contribution is 2.43. The predicted molar refractivity (Wildman–Crippen MR) is 192 cm³/mol. The standard InChI is InChI=1S/C37H39ClN6O3S/c1-22-33-31-13-12-29(38)35(33)34-23(2)42(4)40-30(34)20-41(3)19-25-17-26(43(5)39-25)21-48-27-16-24-10-7-8-11-28(24)32(18-27)47-15-9-14-44(31)36(22)37(45)46-6/h7-8,10-13,16-18H,9,14-15,19-21H2,1-6H3. The first kappa shape index (κ1) is 32.3. The van der Waals surface area contributed by atoms with Gasteiger partial charge in [-0.15, -0.1) is 11.8 Å². The molecule has 11 heteroatoms. The van der Waals surface area contributed by atoms with Gasteiger partial charge in [-0.2, -0.15) is 10.2 Å². The lowest BCUT2D eigenvalue weighted by molar-refractivity contribution is 0.0587. The Hall–Kier alpha value is -4.25. The average Bonchev–Trinajstić information content (AvgIpc) is 3.66. The number of nitrogens with zero attached hydrogens (tertiary/aromatic N) is 6. The largest absolute Gasteiger partial charge is 0.493 e. The molecule has 248 valence electrons. The Morgan fingerprint density at radius 1 is 0.979 bits per heavy atom. The van der Waals surface area contributed by atoms with Crippen LogP contribution in [0.4, 0.5) is 0 Å². The predicted octanol–water partition coefficient (Wildman–Crippen LogP) is 7.69. The molecule has 0 amide bonds. The van der Waals surface area contributed by atoms with Crippen LogP contribution in [0.2, 0.25) is 5.02 Å². The second-order valence-electron chi connectivity index (χ2n) is 12.5. The minimum absolute atomic E-state index is 0.380. The fraction of sp³-hybridized carbons (Fsp3) is 0.324. The maximum absolute atomic E-state index is 13.4. The number of fused-ring (bicyclic) bond motifs is 8. The molecule has 0 aliphatic carbocycles. The van der Waals surface area contributed by atoms with Crippen molar-refractivity contribution in [3.63, 3.8) is 0 Å². The van der Waals surface area contributed by atoms with E-state index in [0.717, 1.165) is 77.5 Å². The maximum Gasteiger partial charge on any atom is 0.354 e. The average molecular weight is 683 g/mol. The Bertz CT molecular complexity index is 2200. The normalized spacial score (nSPS) is 14.6. The monoisotopic (exact) mass is 682 g/mol. The molecule has 1 aliphatic rings. The third kappa shape index (κ3) is 5.76. The molecule has 0 fully saturated rings. The number of ether oxygens (including phenoxy) is 2. The summed E-state index contributed by atoms with van der Waals surface area (Å²) < 4.78 is 17.8. The smallest absolute Gasteiger partial charge is 0.354 e. The van der Waals surface area contributed by atoms with E-state index in [1.54, 1.807) is 11.8 Å². The molecule has 0 saturated heterocycles. The fourth-order valence-electron chi connectivity index (χ4n) is 6.95. The summed E-state index contributed by atoms with van der Waals surface area (Å²) in [5.41, 5.74) is 8.19. The molecule has 8 bridgehead atoms. The SMILES string of the molecule is COC(=O)c1c(C)c2c3c(Cl)ccc2n1CCCOc1cc(cc2ccccc12)SCc1cc(nn1C)CN(C)Cc1nn(C)c(C)c1-3. The molecular formula is C37H39ClN6O3S. The maximum atomic E-state index is 13.4. The Balaban J connectivity index is 1.39. The van der Waals surface area contributed by atoms with Crippen molar-refractivity contribution in [2.45, 2.75) is 50.6 Å². The number of benzene rings is 3. The van der Waals surface area contributed by atoms with Crippen LogP contribution in [-0.4, -0.2) is 55.8 Å². The highest BCUT2D eigenvalue weighted by molar-refractivity contribution is 7.98. The first-order chi connectivity index (χ1) is 23.1. The van der Waals surface area contributed by atoms with Crippen LogP contribution in [0.5, 0.6) is 5.75 Å². The minimum Gasteiger partial charge on any atom is -0.493 e. The molecule has 7 rings (SSSR count). The van der Waals surface area contributed by atoms with E-state index in [0.29, 0.717) is 43.4 Å². The minimum atomic E-state index is -0.380. The summed E-state index contributed by atoms with van der Waals surface area (Å²) in [6.45, 7) is 6.32. The van der Waals surface area contributed by atoms with Gasteiger partial charge in [0.05, 0.1) is 25.1 Å². The quantitative estimate of drug-likeness (QED) is 0.165. The number of aryl methyl sites for hydroxylation is 4. The van der Waals surface area contributed by atoms with Gasteiger partial charge in [0.15, 0.2) is 0 Å². The molecule has 0 saturated carbocycles. The van der Waals surface area contributed by atoms with Crippen molar-refractivity contribution in [3.05, 3.63) is 93.7 Å². The molecular weight excluding hydrogens is 644 g/mol. The van der Waals surface area contributed by atoms with Crippen LogP contribution in [0.25, 0.3) is 32.8 Å². The van der Waals surface area contributed by atoms with Crippen molar-refractivity contribution >= 4 is 51.0 Å². The molecule has 0 unspecified atom stereocenters. The number of esters is 1. The van der Waals surface area contributed by atoms with Gasteiger partial charge in [0, 0.05) is 88.2 Å². The van der Waals surface area contributed by atoms with Crippen LogP contribution >= 0.6 is 23.4 Å². The Morgan fingerprint density at radius 3 is 2.60 bits per heavy atom. The van der Waals surface area contributed by atoms with Gasteiger partial charge >= 0.3 is 5.97 Å². The molecule has 0 radical (unpaired) electrons. The van der Waals surface area contributed by atoms with Crippen LogP contribution in [0, 0.1) is 13.8 Å². The van der Waals surface area contributed by atoms with E-state index in [1.807, 2.05) is 48.6 Å². The van der Waals surface area contributed by atoms with E-state index < -0.39 is 0 Å². The number of carbonyl (C=O) groups is 1. The zero-order valence-electron chi connectivity index (χ0n) is 28.1. The van der Waals surface area contributed by atoms with Gasteiger partial charge in [-0.25, -0.2) is 4.79 Å². The summed E-state index contributed by atoms with van der Waals surface area (Å²) in [5.74, 6) is 1.25. The second-order valence-corrected chi connectivity index (χ2v) is 14.0. The van der Waals surface area contributed by atoms with E-state index in [2.05, 4.69) is 59.8 Å². The van der Waals surface area contributed by atoms with Gasteiger partial charge in [-0.1, -0.05) is 35.9 Å². The number of rotatable bonds is 1. The lowest BCUT2D eigenvalue weighted by Gasteiger charge is -2.16. The third-order valence-electron chi connectivity index (χ3n) is 9.31. The van der Waals surface area contributed by atoms with E-state index in [4.69, 9.17) is 31.3 Å². The van der Waals surface area contributed by atoms with Crippen LogP contribution < -0.4 is 4.74 Å². The van der Waals surface area contributed by atoms with Gasteiger partial charge in [0.2, 0.25) is 0 Å². The lowest BCUT2D eigenvalue weighted by atomic mass is 9.96. The highest BCUT2D eigenvalue weighted by Gasteiger charge is 2.28. The van der Waals surface area contributed by atoms with Crippen molar-refractivity contribution < 1.29 is 14.3 Å². The number of halogens is 1.